The van der Waals surface area contributed by atoms with Crippen molar-refractivity contribution >= 4 is 5.97 Å². The van der Waals surface area contributed by atoms with Crippen molar-refractivity contribution in [1.82, 2.24) is 4.90 Å². The van der Waals surface area contributed by atoms with Crippen LogP contribution in [-0.4, -0.2) is 48.8 Å². The van der Waals surface area contributed by atoms with E-state index in [0.29, 0.717) is 6.61 Å². The molecule has 0 saturated heterocycles. The Morgan fingerprint density at radius 3 is 1.88 bits per heavy atom. The number of esters is 1. The summed E-state index contributed by atoms with van der Waals surface area (Å²) in [4.78, 5) is 13.2. The third-order valence-corrected chi connectivity index (χ3v) is 6.37. The van der Waals surface area contributed by atoms with Crippen molar-refractivity contribution < 1.29 is 14.6 Å². The molecule has 4 nitrogen and oxygen atoms in total. The maximum atomic E-state index is 10.7. The van der Waals surface area contributed by atoms with E-state index in [1.54, 1.807) is 0 Å². The molecule has 0 radical (unpaired) electrons. The van der Waals surface area contributed by atoms with Gasteiger partial charge in [0.05, 0.1) is 13.2 Å². The van der Waals surface area contributed by atoms with Gasteiger partial charge < -0.3 is 14.7 Å². The molecular weight excluding hydrogens is 398 g/mol. The zero-order valence-electron chi connectivity index (χ0n) is 21.6. The number of allylic oxidation sites excluding steroid dienone is 1. The molecule has 1 atom stereocenters. The standard InChI is InChI=1S/C28H55NO3/c1-4-5-6-7-9-12-17-22-29(24-25-30)23-18-14-16-21-27(2)20-15-11-8-10-13-19-26-32-28(3)31/h4,27,30H,1,5-26H2,2-3H3. The fourth-order valence-corrected chi connectivity index (χ4v) is 4.30. The molecule has 0 heterocycles. The smallest absolute Gasteiger partial charge is 0.302 e. The molecule has 0 amide bonds. The third kappa shape index (κ3) is 23.8. The summed E-state index contributed by atoms with van der Waals surface area (Å²) in [6.45, 7) is 11.6. The van der Waals surface area contributed by atoms with Crippen molar-refractivity contribution in [3.05, 3.63) is 12.7 Å². The minimum atomic E-state index is -0.164. The fourth-order valence-electron chi connectivity index (χ4n) is 4.30. The molecule has 0 saturated carbocycles. The lowest BCUT2D eigenvalue weighted by Crippen LogP contribution is -2.29. The second-order valence-corrected chi connectivity index (χ2v) is 9.61. The van der Waals surface area contributed by atoms with Crippen molar-refractivity contribution in [2.75, 3.05) is 32.8 Å². The summed E-state index contributed by atoms with van der Waals surface area (Å²) in [6, 6.07) is 0. The molecule has 0 aromatic heterocycles. The van der Waals surface area contributed by atoms with Crippen molar-refractivity contribution in [3.63, 3.8) is 0 Å². The van der Waals surface area contributed by atoms with Crippen molar-refractivity contribution in [1.29, 1.82) is 0 Å². The Labute approximate surface area is 200 Å². The first kappa shape index (κ1) is 31.1. The van der Waals surface area contributed by atoms with Crippen LogP contribution in [0.25, 0.3) is 0 Å². The van der Waals surface area contributed by atoms with Gasteiger partial charge in [0, 0.05) is 13.5 Å². The highest BCUT2D eigenvalue weighted by molar-refractivity contribution is 5.65. The van der Waals surface area contributed by atoms with E-state index in [1.165, 1.54) is 103 Å². The van der Waals surface area contributed by atoms with Gasteiger partial charge >= 0.3 is 5.97 Å². The maximum absolute atomic E-state index is 10.7. The first-order valence-electron chi connectivity index (χ1n) is 13.7. The lowest BCUT2D eigenvalue weighted by molar-refractivity contribution is -0.141. The number of unbranched alkanes of at least 4 members (excludes halogenated alkanes) is 12. The number of aliphatic hydroxyl groups excluding tert-OH is 1. The summed E-state index contributed by atoms with van der Waals surface area (Å²) < 4.78 is 4.96. The fraction of sp³-hybridized carbons (Fsp3) is 0.893. The second kappa shape index (κ2) is 24.8. The molecule has 0 aliphatic rings. The summed E-state index contributed by atoms with van der Waals surface area (Å²) in [7, 11) is 0. The first-order chi connectivity index (χ1) is 15.6. The lowest BCUT2D eigenvalue weighted by Gasteiger charge is -2.21. The molecule has 0 aliphatic carbocycles. The minimum absolute atomic E-state index is 0.164. The Bertz CT molecular complexity index is 413. The highest BCUT2D eigenvalue weighted by Gasteiger charge is 2.06. The van der Waals surface area contributed by atoms with Crippen LogP contribution in [0.1, 0.15) is 123 Å². The van der Waals surface area contributed by atoms with E-state index in [0.717, 1.165) is 38.4 Å². The number of nitrogens with zero attached hydrogens (tertiary/aromatic N) is 1. The molecule has 0 aliphatic heterocycles. The maximum Gasteiger partial charge on any atom is 0.302 e. The van der Waals surface area contributed by atoms with Crippen LogP contribution in [0.3, 0.4) is 0 Å². The topological polar surface area (TPSA) is 49.8 Å². The van der Waals surface area contributed by atoms with Crippen LogP contribution >= 0.6 is 0 Å². The predicted octanol–water partition coefficient (Wildman–Crippen LogP) is 7.30. The molecule has 190 valence electrons. The highest BCUT2D eigenvalue weighted by atomic mass is 16.5. The van der Waals surface area contributed by atoms with Gasteiger partial charge in [-0.2, -0.15) is 0 Å². The van der Waals surface area contributed by atoms with Gasteiger partial charge in [0.25, 0.3) is 0 Å². The van der Waals surface area contributed by atoms with Gasteiger partial charge in [-0.25, -0.2) is 0 Å². The van der Waals surface area contributed by atoms with E-state index in [4.69, 9.17) is 4.74 Å². The van der Waals surface area contributed by atoms with Crippen molar-refractivity contribution in [2.45, 2.75) is 123 Å². The first-order valence-corrected chi connectivity index (χ1v) is 13.7. The van der Waals surface area contributed by atoms with Crippen LogP contribution in [0.5, 0.6) is 0 Å². The predicted molar refractivity (Wildman–Crippen MR) is 138 cm³/mol. The number of carbonyl (C=O) groups is 1. The number of ether oxygens (including phenoxy) is 1. The van der Waals surface area contributed by atoms with Crippen molar-refractivity contribution in [3.8, 4) is 0 Å². The number of hydrogen-bond donors (Lipinski definition) is 1. The van der Waals surface area contributed by atoms with E-state index in [9.17, 15) is 9.90 Å². The molecule has 32 heavy (non-hydrogen) atoms. The molecule has 0 aromatic carbocycles. The average Bonchev–Trinajstić information content (AvgIpc) is 2.76. The number of carbonyl (C=O) groups excluding carboxylic acids is 1. The quantitative estimate of drug-likeness (QED) is 0.0895. The van der Waals surface area contributed by atoms with Gasteiger partial charge in [-0.3, -0.25) is 4.79 Å². The third-order valence-electron chi connectivity index (χ3n) is 6.37. The summed E-state index contributed by atoms with van der Waals surface area (Å²) in [5, 5.41) is 9.34. The van der Waals surface area contributed by atoms with Gasteiger partial charge in [-0.15, -0.1) is 6.58 Å². The summed E-state index contributed by atoms with van der Waals surface area (Å²) >= 11 is 0. The summed E-state index contributed by atoms with van der Waals surface area (Å²) in [5.74, 6) is 0.677. The van der Waals surface area contributed by atoms with E-state index >= 15 is 0 Å². The summed E-state index contributed by atoms with van der Waals surface area (Å²) in [5.41, 5.74) is 0. The Hall–Kier alpha value is -0.870. The Balaban J connectivity index is 3.52. The van der Waals surface area contributed by atoms with Gasteiger partial charge in [0.15, 0.2) is 0 Å². The van der Waals surface area contributed by atoms with E-state index in [1.807, 2.05) is 6.08 Å². The Kier molecular flexibility index (Phi) is 24.1. The van der Waals surface area contributed by atoms with Crippen LogP contribution in [-0.2, 0) is 9.53 Å². The molecular formula is C28H55NO3. The minimum Gasteiger partial charge on any atom is -0.466 e. The normalized spacial score (nSPS) is 12.2. The van der Waals surface area contributed by atoms with E-state index in [2.05, 4.69) is 18.4 Å². The Morgan fingerprint density at radius 1 is 0.812 bits per heavy atom. The average molecular weight is 454 g/mol. The van der Waals surface area contributed by atoms with Gasteiger partial charge in [-0.05, 0) is 51.1 Å². The van der Waals surface area contributed by atoms with Gasteiger partial charge in [0.1, 0.15) is 0 Å². The summed E-state index contributed by atoms with van der Waals surface area (Å²) in [6.07, 6.45) is 23.7. The van der Waals surface area contributed by atoms with Crippen molar-refractivity contribution in [2.24, 2.45) is 5.92 Å². The zero-order chi connectivity index (χ0) is 23.7. The number of aliphatic hydroxyl groups is 1. The second-order valence-electron chi connectivity index (χ2n) is 9.61. The molecule has 1 unspecified atom stereocenters. The SMILES string of the molecule is C=CCCCCCCCN(CCO)CCCCCC(C)CCCCCCCCOC(C)=O. The molecule has 1 N–H and O–H groups in total. The molecule has 0 bridgehead atoms. The van der Waals surface area contributed by atoms with E-state index < -0.39 is 0 Å². The van der Waals surface area contributed by atoms with Crippen LogP contribution in [0.4, 0.5) is 0 Å². The highest BCUT2D eigenvalue weighted by Crippen LogP contribution is 2.18. The monoisotopic (exact) mass is 453 g/mol. The van der Waals surface area contributed by atoms with Gasteiger partial charge in [0.2, 0.25) is 0 Å². The molecule has 0 spiro atoms. The van der Waals surface area contributed by atoms with E-state index in [-0.39, 0.29) is 12.6 Å². The molecule has 4 heteroatoms. The number of hydrogen-bond acceptors (Lipinski definition) is 4. The largest absolute Gasteiger partial charge is 0.466 e. The lowest BCUT2D eigenvalue weighted by atomic mass is 9.96. The van der Waals surface area contributed by atoms with Crippen LogP contribution < -0.4 is 0 Å². The van der Waals surface area contributed by atoms with Crippen LogP contribution in [0, 0.1) is 5.92 Å². The Morgan fingerprint density at radius 2 is 1.31 bits per heavy atom. The molecule has 0 aromatic rings. The van der Waals surface area contributed by atoms with Gasteiger partial charge in [-0.1, -0.05) is 90.0 Å². The van der Waals surface area contributed by atoms with Crippen LogP contribution in [0.2, 0.25) is 0 Å². The molecule has 0 rings (SSSR count). The number of rotatable bonds is 25. The van der Waals surface area contributed by atoms with Crippen LogP contribution in [0.15, 0.2) is 12.7 Å². The molecule has 0 fully saturated rings. The zero-order valence-corrected chi connectivity index (χ0v) is 21.6.